The summed E-state index contributed by atoms with van der Waals surface area (Å²) < 4.78 is 69.7. The number of ketones is 2. The van der Waals surface area contributed by atoms with Gasteiger partial charge in [0.25, 0.3) is 10.8 Å². The van der Waals surface area contributed by atoms with Gasteiger partial charge in [-0.3, -0.25) is 29.7 Å². The van der Waals surface area contributed by atoms with Crippen molar-refractivity contribution in [2.45, 2.75) is 26.2 Å². The van der Waals surface area contributed by atoms with E-state index in [4.69, 9.17) is 15.3 Å². The fourth-order valence-electron chi connectivity index (χ4n) is 1.62. The van der Waals surface area contributed by atoms with Crippen molar-refractivity contribution < 1.29 is 65.5 Å². The molecule has 0 amide bonds. The molecule has 38 heavy (non-hydrogen) atoms. The highest BCUT2D eigenvalue weighted by Gasteiger charge is 2.49. The summed E-state index contributed by atoms with van der Waals surface area (Å²) in [6.45, 7) is 2.82. The van der Waals surface area contributed by atoms with Crippen LogP contribution in [0.15, 0.2) is 43.0 Å². The number of carbonyl (C=O) groups is 4. The molecule has 2 aromatic heterocycles. The number of Topliss-reactive ketones (excluding diaryl/α,β-unsaturated/α-hetero) is 2. The summed E-state index contributed by atoms with van der Waals surface area (Å²) in [5, 5.41) is 24.0. The second-order valence-electron chi connectivity index (χ2n) is 5.91. The number of rotatable bonds is 3. The zero-order chi connectivity index (χ0) is 30.3. The van der Waals surface area contributed by atoms with Crippen molar-refractivity contribution in [3.8, 4) is 0 Å². The van der Waals surface area contributed by atoms with Crippen LogP contribution in [0.3, 0.4) is 0 Å². The SMILES string of the molecule is CC(=O)c1ccncc1.CC(=O)c1ccncc1[N+](=O)[O-].O=C(OC(=O)C(F)(F)F)C(F)(F)F.O=[N+]([O-])O. The number of halogens is 6. The van der Waals surface area contributed by atoms with Crippen LogP contribution >= 0.6 is 0 Å². The predicted molar refractivity (Wildman–Crippen MR) is 107 cm³/mol. The molecule has 208 valence electrons. The minimum atomic E-state index is -5.62. The van der Waals surface area contributed by atoms with Gasteiger partial charge in [-0.25, -0.2) is 9.59 Å². The van der Waals surface area contributed by atoms with Crippen LogP contribution in [0, 0.1) is 20.2 Å². The third-order valence-corrected chi connectivity index (χ3v) is 3.11. The van der Waals surface area contributed by atoms with Crippen LogP contribution in [0.25, 0.3) is 0 Å². The number of aromatic nitrogens is 2. The number of pyridine rings is 2. The molecule has 14 nitrogen and oxygen atoms in total. The van der Waals surface area contributed by atoms with Gasteiger partial charge in [-0.1, -0.05) is 0 Å². The maximum absolute atomic E-state index is 11.2. The second-order valence-corrected chi connectivity index (χ2v) is 5.91. The first-order chi connectivity index (χ1) is 17.2. The van der Waals surface area contributed by atoms with E-state index in [2.05, 4.69) is 14.7 Å². The van der Waals surface area contributed by atoms with Crippen LogP contribution in [-0.4, -0.2) is 61.0 Å². The standard InChI is InChI=1S/C7H6N2O3.C7H7NO.C4F6O3.HNO3/c1-5(10)6-2-3-8-4-7(6)9(11)12;1-6(9)7-2-4-8-5-3-7;5-3(6,7)1(11)13-2(12)4(8,9)10;2-1(3)4/h2-4H,1H3;2-5H,1H3;;(H,2,3,4). The number of nitro groups is 1. The molecule has 0 spiro atoms. The molecule has 0 fully saturated rings. The van der Waals surface area contributed by atoms with Crippen LogP contribution in [0.4, 0.5) is 32.0 Å². The van der Waals surface area contributed by atoms with Crippen molar-refractivity contribution in [1.82, 2.24) is 9.97 Å². The van der Waals surface area contributed by atoms with E-state index in [0.717, 1.165) is 6.20 Å². The number of hydrogen-bond donors (Lipinski definition) is 1. The number of hydrogen-bond acceptors (Lipinski definition) is 11. The molecule has 1 N–H and O–H groups in total. The summed E-state index contributed by atoms with van der Waals surface area (Å²) in [7, 11) is 0. The molecule has 0 saturated heterocycles. The zero-order valence-electron chi connectivity index (χ0n) is 18.7. The number of alkyl halides is 6. The van der Waals surface area contributed by atoms with Crippen molar-refractivity contribution in [3.63, 3.8) is 0 Å². The smallest absolute Gasteiger partial charge is 0.380 e. The average molecular weight is 560 g/mol. The van der Waals surface area contributed by atoms with Gasteiger partial charge in [-0.2, -0.15) is 26.3 Å². The van der Waals surface area contributed by atoms with E-state index in [9.17, 15) is 55.6 Å². The number of carbonyl (C=O) groups excluding carboxylic acids is 4. The maximum atomic E-state index is 11.2. The molecule has 0 aliphatic heterocycles. The van der Waals surface area contributed by atoms with E-state index in [1.54, 1.807) is 24.5 Å². The summed E-state index contributed by atoms with van der Waals surface area (Å²) in [5.41, 5.74) is 0.560. The molecule has 0 radical (unpaired) electrons. The highest BCUT2D eigenvalue weighted by Crippen LogP contribution is 2.21. The lowest BCUT2D eigenvalue weighted by Gasteiger charge is -2.06. The number of esters is 2. The van der Waals surface area contributed by atoms with Gasteiger partial charge in [0, 0.05) is 24.2 Å². The molecular weight excluding hydrogens is 546 g/mol. The van der Waals surface area contributed by atoms with E-state index in [1.807, 2.05) is 0 Å². The minimum absolute atomic E-state index is 0.0809. The lowest BCUT2D eigenvalue weighted by Crippen LogP contribution is -2.34. The third-order valence-electron chi connectivity index (χ3n) is 3.11. The zero-order valence-corrected chi connectivity index (χ0v) is 18.7. The van der Waals surface area contributed by atoms with E-state index >= 15 is 0 Å². The van der Waals surface area contributed by atoms with Gasteiger partial charge in [-0.05, 0) is 32.0 Å². The highest BCUT2D eigenvalue weighted by molar-refractivity contribution is 5.97. The second kappa shape index (κ2) is 15.9. The van der Waals surface area contributed by atoms with Crippen LogP contribution in [0.5, 0.6) is 0 Å². The molecule has 0 aromatic carbocycles. The molecule has 2 aromatic rings. The van der Waals surface area contributed by atoms with Gasteiger partial charge in [0.15, 0.2) is 11.6 Å². The summed E-state index contributed by atoms with van der Waals surface area (Å²) in [4.78, 5) is 66.2. The first-order valence-electron chi connectivity index (χ1n) is 8.95. The Morgan fingerprint density at radius 2 is 1.21 bits per heavy atom. The first kappa shape index (κ1) is 35.1. The van der Waals surface area contributed by atoms with Crippen LogP contribution in [-0.2, 0) is 14.3 Å². The van der Waals surface area contributed by atoms with Crippen LogP contribution in [0.1, 0.15) is 34.6 Å². The monoisotopic (exact) mass is 560 g/mol. The Hall–Kier alpha value is -5.04. The Morgan fingerprint density at radius 1 is 0.816 bits per heavy atom. The normalized spacial score (nSPS) is 10.0. The Kier molecular flexibility index (Phi) is 14.7. The van der Waals surface area contributed by atoms with Crippen LogP contribution in [0.2, 0.25) is 0 Å². The molecule has 20 heteroatoms. The fraction of sp³-hybridized carbons (Fsp3) is 0.222. The molecular formula is C18H14F6N4O10. The Bertz CT molecular complexity index is 1080. The molecule has 0 saturated carbocycles. The number of nitrogens with zero attached hydrogens (tertiary/aromatic N) is 4. The van der Waals surface area contributed by atoms with Crippen LogP contribution < -0.4 is 0 Å². The van der Waals surface area contributed by atoms with Crippen molar-refractivity contribution in [2.75, 3.05) is 0 Å². The topological polar surface area (TPSA) is 210 Å². The third kappa shape index (κ3) is 15.8. The molecule has 0 bridgehead atoms. The fourth-order valence-corrected chi connectivity index (χ4v) is 1.62. The van der Waals surface area contributed by atoms with Gasteiger partial charge in [-0.15, -0.1) is 10.1 Å². The Balaban J connectivity index is 0. The molecule has 0 aliphatic carbocycles. The van der Waals surface area contributed by atoms with E-state index in [0.29, 0.717) is 5.56 Å². The van der Waals surface area contributed by atoms with E-state index in [-0.39, 0.29) is 22.8 Å². The predicted octanol–water partition coefficient (Wildman–Crippen LogP) is 3.31. The van der Waals surface area contributed by atoms with E-state index < -0.39 is 34.3 Å². The summed E-state index contributed by atoms with van der Waals surface area (Å²) >= 11 is 0. The average Bonchev–Trinajstić information content (AvgIpc) is 2.78. The minimum Gasteiger partial charge on any atom is -0.380 e. The van der Waals surface area contributed by atoms with Gasteiger partial charge in [0.1, 0.15) is 6.20 Å². The summed E-state index contributed by atoms with van der Waals surface area (Å²) in [5.74, 6) is -6.65. The quantitative estimate of drug-likeness (QED) is 0.143. The van der Waals surface area contributed by atoms with Crippen molar-refractivity contribution in [1.29, 1.82) is 0 Å². The molecule has 2 heterocycles. The first-order valence-corrected chi connectivity index (χ1v) is 8.95. The van der Waals surface area contributed by atoms with E-state index in [1.165, 1.54) is 26.1 Å². The lowest BCUT2D eigenvalue weighted by atomic mass is 10.2. The van der Waals surface area contributed by atoms with Crippen molar-refractivity contribution in [3.05, 3.63) is 74.3 Å². The molecule has 0 atom stereocenters. The van der Waals surface area contributed by atoms with Gasteiger partial charge in [0.2, 0.25) is 0 Å². The summed E-state index contributed by atoms with van der Waals surface area (Å²) in [6.07, 6.45) is -5.62. The molecule has 0 aliphatic rings. The lowest BCUT2D eigenvalue weighted by molar-refractivity contribution is -0.742. The molecule has 0 unspecified atom stereocenters. The molecule has 2 rings (SSSR count). The van der Waals surface area contributed by atoms with Crippen molar-refractivity contribution >= 4 is 29.2 Å². The summed E-state index contributed by atoms with van der Waals surface area (Å²) in [6, 6.07) is 4.73. The largest absolute Gasteiger partial charge is 0.491 e. The number of ether oxygens (including phenoxy) is 1. The van der Waals surface area contributed by atoms with Gasteiger partial charge in [0.05, 0.1) is 10.5 Å². The Morgan fingerprint density at radius 3 is 1.47 bits per heavy atom. The van der Waals surface area contributed by atoms with Gasteiger partial charge < -0.3 is 9.94 Å². The Labute approximate surface area is 206 Å². The highest BCUT2D eigenvalue weighted by atomic mass is 19.4. The van der Waals surface area contributed by atoms with Gasteiger partial charge >= 0.3 is 24.3 Å². The van der Waals surface area contributed by atoms with Crippen molar-refractivity contribution in [2.24, 2.45) is 0 Å². The maximum Gasteiger partial charge on any atom is 0.491 e.